The molecule has 2 fully saturated rings. The zero-order valence-electron chi connectivity index (χ0n) is 14.9. The second-order valence-electron chi connectivity index (χ2n) is 7.11. The normalized spacial score (nSPS) is 22.0. The number of rotatable bonds is 3. The molecule has 0 radical (unpaired) electrons. The summed E-state index contributed by atoms with van der Waals surface area (Å²) in [5.41, 5.74) is 2.96. The first-order valence-electron chi connectivity index (χ1n) is 8.80. The largest absolute Gasteiger partial charge is 0.336 e. The summed E-state index contributed by atoms with van der Waals surface area (Å²) in [5.74, 6) is 0.0204. The lowest BCUT2D eigenvalue weighted by Crippen LogP contribution is -2.36. The van der Waals surface area contributed by atoms with Crippen LogP contribution >= 0.6 is 0 Å². The lowest BCUT2D eigenvalue weighted by molar-refractivity contribution is -0.131. The average molecular weight is 351 g/mol. The number of carbonyl (C=O) groups excluding carboxylic acids is 2. The van der Waals surface area contributed by atoms with Crippen LogP contribution in [0, 0.1) is 25.7 Å². The maximum Gasteiger partial charge on any atom is 0.274 e. The van der Waals surface area contributed by atoms with E-state index in [2.05, 4.69) is 15.0 Å². The lowest BCUT2D eigenvalue weighted by Gasteiger charge is -2.21. The summed E-state index contributed by atoms with van der Waals surface area (Å²) in [7, 11) is 0. The summed E-state index contributed by atoms with van der Waals surface area (Å²) in [5, 5.41) is 0. The number of fused-ring (bicyclic) bond motifs is 1. The Morgan fingerprint density at radius 2 is 1.96 bits per heavy atom. The molecule has 7 nitrogen and oxygen atoms in total. The predicted molar refractivity (Wildman–Crippen MR) is 94.0 cm³/mol. The van der Waals surface area contributed by atoms with Crippen molar-refractivity contribution in [1.82, 2.24) is 24.8 Å². The molecule has 0 bridgehead atoms. The number of aromatic nitrogens is 3. The van der Waals surface area contributed by atoms with Crippen LogP contribution in [0.15, 0.2) is 30.6 Å². The fourth-order valence-corrected chi connectivity index (χ4v) is 3.80. The molecule has 2 saturated heterocycles. The van der Waals surface area contributed by atoms with Gasteiger partial charge in [-0.1, -0.05) is 6.07 Å². The lowest BCUT2D eigenvalue weighted by atomic mass is 10.0. The fraction of sp³-hybridized carbons (Fsp3) is 0.421. The molecular formula is C19H21N5O2. The highest BCUT2D eigenvalue weighted by Gasteiger charge is 2.47. The summed E-state index contributed by atoms with van der Waals surface area (Å²) in [4.78, 5) is 41.7. The molecule has 2 aromatic heterocycles. The molecular weight excluding hydrogens is 330 g/mol. The summed E-state index contributed by atoms with van der Waals surface area (Å²) in [6.45, 7) is 6.02. The molecule has 0 aliphatic carbocycles. The minimum atomic E-state index is -0.147. The Morgan fingerprint density at radius 3 is 2.65 bits per heavy atom. The molecule has 134 valence electrons. The van der Waals surface area contributed by atoms with Crippen molar-refractivity contribution in [1.29, 1.82) is 0 Å². The Labute approximate surface area is 152 Å². The van der Waals surface area contributed by atoms with E-state index in [9.17, 15) is 9.59 Å². The third-order valence-electron chi connectivity index (χ3n) is 5.11. The van der Waals surface area contributed by atoms with Gasteiger partial charge in [-0.05, 0) is 26.0 Å². The van der Waals surface area contributed by atoms with Gasteiger partial charge in [0.05, 0.1) is 30.0 Å². The van der Waals surface area contributed by atoms with Crippen molar-refractivity contribution in [2.24, 2.45) is 11.8 Å². The number of hydrogen-bond acceptors (Lipinski definition) is 5. The van der Waals surface area contributed by atoms with E-state index in [1.54, 1.807) is 11.1 Å². The van der Waals surface area contributed by atoms with Gasteiger partial charge in [0.25, 0.3) is 5.91 Å². The maximum absolute atomic E-state index is 12.8. The number of hydrogen-bond donors (Lipinski definition) is 0. The minimum Gasteiger partial charge on any atom is -0.336 e. The van der Waals surface area contributed by atoms with Gasteiger partial charge >= 0.3 is 0 Å². The van der Waals surface area contributed by atoms with Gasteiger partial charge in [-0.3, -0.25) is 19.6 Å². The van der Waals surface area contributed by atoms with Gasteiger partial charge in [0.1, 0.15) is 5.69 Å². The topological polar surface area (TPSA) is 79.3 Å². The van der Waals surface area contributed by atoms with Gasteiger partial charge in [0, 0.05) is 37.4 Å². The Morgan fingerprint density at radius 1 is 1.12 bits per heavy atom. The highest BCUT2D eigenvalue weighted by molar-refractivity contribution is 5.93. The maximum atomic E-state index is 12.8. The fourth-order valence-electron chi connectivity index (χ4n) is 3.80. The van der Waals surface area contributed by atoms with Crippen molar-refractivity contribution >= 4 is 11.8 Å². The molecule has 2 aliphatic heterocycles. The van der Waals surface area contributed by atoms with E-state index in [0.29, 0.717) is 31.9 Å². The van der Waals surface area contributed by atoms with Gasteiger partial charge in [-0.25, -0.2) is 4.98 Å². The van der Waals surface area contributed by atoms with Crippen LogP contribution in [0.2, 0.25) is 0 Å². The van der Waals surface area contributed by atoms with Crippen LogP contribution in [-0.2, 0) is 11.3 Å². The van der Waals surface area contributed by atoms with Crippen molar-refractivity contribution in [2.75, 3.05) is 19.6 Å². The van der Waals surface area contributed by atoms with Gasteiger partial charge in [0.2, 0.25) is 5.91 Å². The van der Waals surface area contributed by atoms with E-state index in [1.165, 1.54) is 6.20 Å². The summed E-state index contributed by atoms with van der Waals surface area (Å²) >= 11 is 0. The SMILES string of the molecule is Cc1cnc(C(=O)N2C[C@@H]3CN(Cc4cccc(C)n4)C(=O)[C@@H]3C2)cn1. The van der Waals surface area contributed by atoms with E-state index in [0.717, 1.165) is 17.1 Å². The van der Waals surface area contributed by atoms with Crippen molar-refractivity contribution in [3.63, 3.8) is 0 Å². The number of pyridine rings is 1. The van der Waals surface area contributed by atoms with E-state index >= 15 is 0 Å². The molecule has 4 heterocycles. The highest BCUT2D eigenvalue weighted by Crippen LogP contribution is 2.33. The molecule has 7 heteroatoms. The monoisotopic (exact) mass is 351 g/mol. The van der Waals surface area contributed by atoms with Crippen LogP contribution in [0.1, 0.15) is 27.6 Å². The van der Waals surface area contributed by atoms with Gasteiger partial charge in [0.15, 0.2) is 0 Å². The standard InChI is InChI=1S/C19H21N5O2/c1-12-4-3-5-15(22-12)10-23-8-14-9-24(11-16(14)18(23)25)19(26)17-7-20-13(2)6-21-17/h3-7,14,16H,8-11H2,1-2H3/t14-,16+/m0/s1. The second kappa shape index (κ2) is 6.48. The first-order chi connectivity index (χ1) is 12.5. The first kappa shape index (κ1) is 16.6. The molecule has 0 N–H and O–H groups in total. The average Bonchev–Trinajstić information content (AvgIpc) is 3.15. The number of aryl methyl sites for hydroxylation is 2. The van der Waals surface area contributed by atoms with E-state index < -0.39 is 0 Å². The molecule has 26 heavy (non-hydrogen) atoms. The third-order valence-corrected chi connectivity index (χ3v) is 5.11. The zero-order chi connectivity index (χ0) is 18.3. The summed E-state index contributed by atoms with van der Waals surface area (Å²) in [6.07, 6.45) is 3.09. The van der Waals surface area contributed by atoms with E-state index in [-0.39, 0.29) is 23.7 Å². The Balaban J connectivity index is 1.41. The van der Waals surface area contributed by atoms with Crippen LogP contribution in [0.4, 0.5) is 0 Å². The molecule has 2 amide bonds. The quantitative estimate of drug-likeness (QED) is 0.831. The van der Waals surface area contributed by atoms with E-state index in [4.69, 9.17) is 0 Å². The Kier molecular flexibility index (Phi) is 4.14. The van der Waals surface area contributed by atoms with Crippen LogP contribution in [0.25, 0.3) is 0 Å². The number of amides is 2. The molecule has 0 aromatic carbocycles. The van der Waals surface area contributed by atoms with Gasteiger partial charge in [-0.2, -0.15) is 0 Å². The van der Waals surface area contributed by atoms with Crippen LogP contribution in [0.5, 0.6) is 0 Å². The minimum absolute atomic E-state index is 0.114. The molecule has 0 unspecified atom stereocenters. The number of carbonyl (C=O) groups is 2. The second-order valence-corrected chi connectivity index (χ2v) is 7.11. The molecule has 0 spiro atoms. The zero-order valence-corrected chi connectivity index (χ0v) is 14.9. The van der Waals surface area contributed by atoms with Gasteiger partial charge < -0.3 is 9.80 Å². The first-order valence-corrected chi connectivity index (χ1v) is 8.80. The molecule has 2 atom stereocenters. The summed E-state index contributed by atoms with van der Waals surface area (Å²) in [6, 6.07) is 5.85. The molecule has 2 aromatic rings. The van der Waals surface area contributed by atoms with Crippen molar-refractivity contribution < 1.29 is 9.59 Å². The van der Waals surface area contributed by atoms with Crippen molar-refractivity contribution in [3.05, 3.63) is 53.4 Å². The summed E-state index contributed by atoms with van der Waals surface area (Å²) < 4.78 is 0. The van der Waals surface area contributed by atoms with Crippen molar-refractivity contribution in [3.8, 4) is 0 Å². The molecule has 4 rings (SSSR count). The number of likely N-dealkylation sites (tertiary alicyclic amines) is 2. The van der Waals surface area contributed by atoms with Crippen LogP contribution in [0.3, 0.4) is 0 Å². The highest BCUT2D eigenvalue weighted by atomic mass is 16.2. The van der Waals surface area contributed by atoms with Gasteiger partial charge in [-0.15, -0.1) is 0 Å². The van der Waals surface area contributed by atoms with E-state index in [1.807, 2.05) is 36.9 Å². The molecule has 2 aliphatic rings. The Bertz CT molecular complexity index is 851. The van der Waals surface area contributed by atoms with Crippen molar-refractivity contribution in [2.45, 2.75) is 20.4 Å². The number of nitrogens with zero attached hydrogens (tertiary/aromatic N) is 5. The van der Waals surface area contributed by atoms with Crippen LogP contribution < -0.4 is 0 Å². The van der Waals surface area contributed by atoms with Crippen LogP contribution in [-0.4, -0.2) is 56.2 Å². The predicted octanol–water partition coefficient (Wildman–Crippen LogP) is 1.22. The molecule has 0 saturated carbocycles. The smallest absolute Gasteiger partial charge is 0.274 e. The third kappa shape index (κ3) is 3.05. The Hall–Kier alpha value is -2.83.